The highest BCUT2D eigenvalue weighted by molar-refractivity contribution is 6.04. The molecule has 0 fully saturated rings. The van der Waals surface area contributed by atoms with E-state index in [4.69, 9.17) is 4.74 Å². The van der Waals surface area contributed by atoms with Gasteiger partial charge >= 0.3 is 0 Å². The number of hydrogen-bond acceptors (Lipinski definition) is 4. The van der Waals surface area contributed by atoms with Crippen LogP contribution in [0, 0.1) is 11.3 Å². The Balaban J connectivity index is 1.62. The highest BCUT2D eigenvalue weighted by atomic mass is 16.5. The lowest BCUT2D eigenvalue weighted by atomic mass is 10.1. The van der Waals surface area contributed by atoms with Crippen LogP contribution >= 0.6 is 0 Å². The number of para-hydroxylation sites is 2. The summed E-state index contributed by atoms with van der Waals surface area (Å²) in [5.41, 5.74) is 2.25. The largest absolute Gasteiger partial charge is 0.480 e. The van der Waals surface area contributed by atoms with Gasteiger partial charge in [-0.05, 0) is 43.2 Å². The van der Waals surface area contributed by atoms with E-state index < -0.39 is 12.0 Å². The van der Waals surface area contributed by atoms with Crippen LogP contribution in [0.5, 0.6) is 5.75 Å². The van der Waals surface area contributed by atoms with E-state index in [1.165, 1.54) is 0 Å². The van der Waals surface area contributed by atoms with Gasteiger partial charge in [0.2, 0.25) is 0 Å². The smallest absolute Gasteiger partial charge is 0.265 e. The second-order valence-electron chi connectivity index (χ2n) is 6.89. The van der Waals surface area contributed by atoms with E-state index in [2.05, 4.69) is 10.6 Å². The van der Waals surface area contributed by atoms with E-state index in [-0.39, 0.29) is 5.91 Å². The number of rotatable bonds is 8. The standard InChI is InChI=1S/C25H23N3O3/c1-18(31-23-14-8-5-11-20(23)17-26)24(29)28-22-13-7-6-12-21(22)25(30)27-16-15-19-9-3-2-4-10-19/h2-14,18H,15-16H2,1H3,(H,27,30)(H,28,29). The minimum absolute atomic E-state index is 0.268. The van der Waals surface area contributed by atoms with Crippen molar-refractivity contribution in [2.45, 2.75) is 19.4 Å². The molecule has 0 aliphatic carbocycles. The van der Waals surface area contributed by atoms with Crippen LogP contribution in [0.2, 0.25) is 0 Å². The first-order valence-electron chi connectivity index (χ1n) is 9.96. The summed E-state index contributed by atoms with van der Waals surface area (Å²) in [7, 11) is 0. The molecule has 1 unspecified atom stereocenters. The van der Waals surface area contributed by atoms with Gasteiger partial charge in [0.05, 0.1) is 16.8 Å². The highest BCUT2D eigenvalue weighted by Gasteiger charge is 2.19. The first-order chi connectivity index (χ1) is 15.1. The van der Waals surface area contributed by atoms with Crippen molar-refractivity contribution >= 4 is 17.5 Å². The molecule has 0 saturated heterocycles. The summed E-state index contributed by atoms with van der Waals surface area (Å²) >= 11 is 0. The molecule has 0 aliphatic rings. The molecule has 6 heteroatoms. The molecule has 156 valence electrons. The Bertz CT molecular complexity index is 1090. The third-order valence-corrected chi connectivity index (χ3v) is 4.65. The van der Waals surface area contributed by atoms with Crippen molar-refractivity contribution in [2.75, 3.05) is 11.9 Å². The maximum atomic E-state index is 12.7. The molecule has 6 nitrogen and oxygen atoms in total. The number of nitrogens with zero attached hydrogens (tertiary/aromatic N) is 1. The summed E-state index contributed by atoms with van der Waals surface area (Å²) in [5.74, 6) is -0.355. The van der Waals surface area contributed by atoms with Crippen LogP contribution < -0.4 is 15.4 Å². The summed E-state index contributed by atoms with van der Waals surface area (Å²) in [4.78, 5) is 25.3. The van der Waals surface area contributed by atoms with Gasteiger partial charge in [-0.1, -0.05) is 54.6 Å². The minimum Gasteiger partial charge on any atom is -0.480 e. The molecule has 0 saturated carbocycles. The molecule has 2 amide bonds. The molecule has 3 aromatic rings. The Morgan fingerprint density at radius 2 is 1.65 bits per heavy atom. The SMILES string of the molecule is CC(Oc1ccccc1C#N)C(=O)Nc1ccccc1C(=O)NCCc1ccccc1. The first-order valence-corrected chi connectivity index (χ1v) is 9.96. The van der Waals surface area contributed by atoms with E-state index in [0.29, 0.717) is 35.5 Å². The number of ether oxygens (including phenoxy) is 1. The van der Waals surface area contributed by atoms with E-state index in [0.717, 1.165) is 5.56 Å². The van der Waals surface area contributed by atoms with Crippen LogP contribution in [0.25, 0.3) is 0 Å². The fourth-order valence-electron chi connectivity index (χ4n) is 2.99. The lowest BCUT2D eigenvalue weighted by Crippen LogP contribution is -2.32. The highest BCUT2D eigenvalue weighted by Crippen LogP contribution is 2.20. The molecular formula is C25H23N3O3. The number of amides is 2. The van der Waals surface area contributed by atoms with Gasteiger partial charge in [0.15, 0.2) is 6.10 Å². The topological polar surface area (TPSA) is 91.2 Å². The van der Waals surface area contributed by atoms with Crippen molar-refractivity contribution in [3.8, 4) is 11.8 Å². The Hall–Kier alpha value is -4.11. The number of benzene rings is 3. The van der Waals surface area contributed by atoms with Crippen molar-refractivity contribution in [2.24, 2.45) is 0 Å². The van der Waals surface area contributed by atoms with Crippen LogP contribution in [0.3, 0.4) is 0 Å². The van der Waals surface area contributed by atoms with Crippen LogP contribution in [0.1, 0.15) is 28.4 Å². The van der Waals surface area contributed by atoms with Gasteiger partial charge in [0.1, 0.15) is 11.8 Å². The summed E-state index contributed by atoms with van der Waals surface area (Å²) in [6.07, 6.45) is -0.145. The van der Waals surface area contributed by atoms with Crippen molar-refractivity contribution in [3.63, 3.8) is 0 Å². The summed E-state index contributed by atoms with van der Waals surface area (Å²) in [6, 6.07) is 25.4. The Labute approximate surface area is 181 Å². The second kappa shape index (κ2) is 10.6. The van der Waals surface area contributed by atoms with Gasteiger partial charge in [-0.25, -0.2) is 0 Å². The number of nitrogens with one attached hydrogen (secondary N) is 2. The molecule has 1 atom stereocenters. The zero-order valence-electron chi connectivity index (χ0n) is 17.2. The molecule has 31 heavy (non-hydrogen) atoms. The zero-order chi connectivity index (χ0) is 22.1. The molecule has 0 heterocycles. The number of anilines is 1. The quantitative estimate of drug-likeness (QED) is 0.585. The van der Waals surface area contributed by atoms with Crippen molar-refractivity contribution in [3.05, 3.63) is 95.6 Å². The molecule has 3 aromatic carbocycles. The maximum absolute atomic E-state index is 12.7. The molecule has 2 N–H and O–H groups in total. The second-order valence-corrected chi connectivity index (χ2v) is 6.89. The Kier molecular flexibility index (Phi) is 7.39. The van der Waals surface area contributed by atoms with Crippen molar-refractivity contribution < 1.29 is 14.3 Å². The third kappa shape index (κ3) is 5.94. The molecular weight excluding hydrogens is 390 g/mol. The maximum Gasteiger partial charge on any atom is 0.265 e. The van der Waals surface area contributed by atoms with Crippen LogP contribution in [-0.2, 0) is 11.2 Å². The van der Waals surface area contributed by atoms with E-state index in [9.17, 15) is 14.9 Å². The van der Waals surface area contributed by atoms with Gasteiger partial charge in [-0.3, -0.25) is 9.59 Å². The molecule has 3 rings (SSSR count). The summed E-state index contributed by atoms with van der Waals surface area (Å²) in [5, 5.41) is 14.8. The summed E-state index contributed by atoms with van der Waals surface area (Å²) in [6.45, 7) is 2.07. The molecule has 0 aromatic heterocycles. The zero-order valence-corrected chi connectivity index (χ0v) is 17.2. The van der Waals surface area contributed by atoms with Gasteiger partial charge < -0.3 is 15.4 Å². The van der Waals surface area contributed by atoms with Gasteiger partial charge in [0, 0.05) is 6.54 Å². The minimum atomic E-state index is -0.858. The predicted molar refractivity (Wildman–Crippen MR) is 119 cm³/mol. The third-order valence-electron chi connectivity index (χ3n) is 4.65. The monoisotopic (exact) mass is 413 g/mol. The number of hydrogen-bond donors (Lipinski definition) is 2. The fraction of sp³-hybridized carbons (Fsp3) is 0.160. The first kappa shape index (κ1) is 21.6. The number of nitriles is 1. The van der Waals surface area contributed by atoms with Crippen LogP contribution in [0.15, 0.2) is 78.9 Å². The normalized spacial score (nSPS) is 11.1. The number of carbonyl (C=O) groups is 2. The van der Waals surface area contributed by atoms with Crippen LogP contribution in [-0.4, -0.2) is 24.5 Å². The molecule has 0 bridgehead atoms. The molecule has 0 spiro atoms. The van der Waals surface area contributed by atoms with E-state index in [1.807, 2.05) is 36.4 Å². The van der Waals surface area contributed by atoms with Crippen LogP contribution in [0.4, 0.5) is 5.69 Å². The summed E-state index contributed by atoms with van der Waals surface area (Å²) < 4.78 is 5.65. The number of carbonyl (C=O) groups excluding carboxylic acids is 2. The average Bonchev–Trinajstić information content (AvgIpc) is 2.80. The average molecular weight is 413 g/mol. The lowest BCUT2D eigenvalue weighted by molar-refractivity contribution is -0.122. The molecule has 0 aliphatic heterocycles. The van der Waals surface area contributed by atoms with Crippen molar-refractivity contribution in [1.82, 2.24) is 5.32 Å². The van der Waals surface area contributed by atoms with E-state index in [1.54, 1.807) is 55.5 Å². The van der Waals surface area contributed by atoms with Gasteiger partial charge in [-0.2, -0.15) is 5.26 Å². The Morgan fingerprint density at radius 1 is 0.968 bits per heavy atom. The fourth-order valence-corrected chi connectivity index (χ4v) is 2.99. The van der Waals surface area contributed by atoms with Gasteiger partial charge in [-0.15, -0.1) is 0 Å². The predicted octanol–water partition coefficient (Wildman–Crippen LogP) is 3.94. The lowest BCUT2D eigenvalue weighted by Gasteiger charge is -2.17. The van der Waals surface area contributed by atoms with E-state index >= 15 is 0 Å². The Morgan fingerprint density at radius 3 is 2.42 bits per heavy atom. The molecule has 0 radical (unpaired) electrons. The van der Waals surface area contributed by atoms with Crippen molar-refractivity contribution in [1.29, 1.82) is 5.26 Å². The van der Waals surface area contributed by atoms with Gasteiger partial charge in [0.25, 0.3) is 11.8 Å².